The van der Waals surface area contributed by atoms with Gasteiger partial charge < -0.3 is 19.6 Å². The molecule has 0 aliphatic carbocycles. The van der Waals surface area contributed by atoms with E-state index in [1.165, 1.54) is 30.3 Å². The molecule has 0 radical (unpaired) electrons. The Bertz CT molecular complexity index is 850. The van der Waals surface area contributed by atoms with Gasteiger partial charge >= 0.3 is 0 Å². The van der Waals surface area contributed by atoms with Gasteiger partial charge in [0.15, 0.2) is 11.6 Å². The van der Waals surface area contributed by atoms with Crippen LogP contribution < -0.4 is 5.32 Å². The van der Waals surface area contributed by atoms with Crippen molar-refractivity contribution in [1.82, 2.24) is 9.88 Å². The Morgan fingerprint density at radius 3 is 3.08 bits per heavy atom. The number of aromatic amines is 1. The Morgan fingerprint density at radius 2 is 2.33 bits per heavy atom. The molecule has 0 unspecified atom stereocenters. The summed E-state index contributed by atoms with van der Waals surface area (Å²) in [7, 11) is 2.21. The van der Waals surface area contributed by atoms with E-state index in [0.717, 1.165) is 17.6 Å². The van der Waals surface area contributed by atoms with Gasteiger partial charge in [-0.05, 0) is 68.8 Å². The molecule has 5 heteroatoms. The van der Waals surface area contributed by atoms with Crippen molar-refractivity contribution in [3.8, 4) is 0 Å². The summed E-state index contributed by atoms with van der Waals surface area (Å²) in [6, 6.07) is 10.4. The van der Waals surface area contributed by atoms with E-state index in [2.05, 4.69) is 40.6 Å². The number of hydrogen-bond acceptors (Lipinski definition) is 3. The largest absolute Gasteiger partial charge is 0.461 e. The number of aromatic nitrogens is 1. The van der Waals surface area contributed by atoms with E-state index in [0.29, 0.717) is 11.8 Å². The molecule has 1 aliphatic rings. The first kappa shape index (κ1) is 15.0. The van der Waals surface area contributed by atoms with Gasteiger partial charge in [0, 0.05) is 28.8 Å². The molecule has 0 spiro atoms. The van der Waals surface area contributed by atoms with Crippen LogP contribution in [0.2, 0.25) is 0 Å². The van der Waals surface area contributed by atoms with E-state index in [4.69, 9.17) is 9.83 Å². The van der Waals surface area contributed by atoms with Crippen molar-refractivity contribution in [3.05, 3.63) is 54.1 Å². The Balaban J connectivity index is 1.57. The number of amidine groups is 1. The lowest BCUT2D eigenvalue weighted by Crippen LogP contribution is -2.26. The summed E-state index contributed by atoms with van der Waals surface area (Å²) < 4.78 is 5.27. The quantitative estimate of drug-likeness (QED) is 0.505. The normalized spacial score (nSPS) is 18.3. The average Bonchev–Trinajstić information content (AvgIpc) is 3.31. The number of nitrogens with one attached hydrogen (secondary N) is 3. The third-order valence-electron chi connectivity index (χ3n) is 4.93. The molecule has 1 saturated heterocycles. The summed E-state index contributed by atoms with van der Waals surface area (Å²) in [6.45, 7) is 1.19. The topological polar surface area (TPSA) is 68.1 Å². The fourth-order valence-electron chi connectivity index (χ4n) is 3.54. The summed E-state index contributed by atoms with van der Waals surface area (Å²) in [5.74, 6) is 0.809. The van der Waals surface area contributed by atoms with Gasteiger partial charge in [-0.1, -0.05) is 0 Å². The monoisotopic (exact) mass is 322 g/mol. The van der Waals surface area contributed by atoms with Crippen molar-refractivity contribution in [2.45, 2.75) is 25.3 Å². The van der Waals surface area contributed by atoms with Gasteiger partial charge in [-0.2, -0.15) is 0 Å². The second-order valence-corrected chi connectivity index (χ2v) is 6.53. The minimum Gasteiger partial charge on any atom is -0.461 e. The third kappa shape index (κ3) is 2.83. The zero-order valence-corrected chi connectivity index (χ0v) is 13.8. The number of hydrogen-bond donors (Lipinski definition) is 3. The minimum atomic E-state index is 0.270. The van der Waals surface area contributed by atoms with Crippen molar-refractivity contribution in [3.63, 3.8) is 0 Å². The van der Waals surface area contributed by atoms with Crippen molar-refractivity contribution in [2.24, 2.45) is 0 Å². The fourth-order valence-corrected chi connectivity index (χ4v) is 3.54. The molecule has 1 fully saturated rings. The molecular weight excluding hydrogens is 300 g/mol. The van der Waals surface area contributed by atoms with Crippen LogP contribution in [0.4, 0.5) is 5.69 Å². The molecule has 3 heterocycles. The highest BCUT2D eigenvalue weighted by Gasteiger charge is 2.22. The summed E-state index contributed by atoms with van der Waals surface area (Å²) in [5.41, 5.74) is 3.39. The van der Waals surface area contributed by atoms with E-state index in [-0.39, 0.29) is 5.84 Å². The minimum absolute atomic E-state index is 0.270. The van der Waals surface area contributed by atoms with Crippen LogP contribution in [0, 0.1) is 5.41 Å². The van der Waals surface area contributed by atoms with Gasteiger partial charge in [0.05, 0.1) is 6.26 Å². The standard InChI is InChI=1S/C19H22N4O/c1-23-8-2-4-15(23)10-13-12-21-17-7-6-14(11-16(13)17)22-19(20)18-5-3-9-24-18/h3,5-7,9,11-12,15,21H,2,4,8,10H2,1H3,(H2,20,22)/t15-/m0/s1. The number of anilines is 1. The van der Waals surface area contributed by atoms with Gasteiger partial charge in [0.2, 0.25) is 0 Å². The molecule has 1 atom stereocenters. The predicted molar refractivity (Wildman–Crippen MR) is 96.8 cm³/mol. The van der Waals surface area contributed by atoms with Crippen LogP contribution in [0.25, 0.3) is 10.9 Å². The van der Waals surface area contributed by atoms with Crippen LogP contribution >= 0.6 is 0 Å². The summed E-state index contributed by atoms with van der Waals surface area (Å²) in [6.07, 6.45) is 7.33. The molecule has 24 heavy (non-hydrogen) atoms. The van der Waals surface area contributed by atoms with E-state index in [1.54, 1.807) is 18.4 Å². The lowest BCUT2D eigenvalue weighted by molar-refractivity contribution is 0.310. The van der Waals surface area contributed by atoms with Crippen molar-refractivity contribution < 1.29 is 4.42 Å². The number of furan rings is 1. The number of likely N-dealkylation sites (tertiary alicyclic amines) is 1. The molecule has 3 aromatic rings. The molecule has 1 aliphatic heterocycles. The Labute approximate surface area is 141 Å². The van der Waals surface area contributed by atoms with E-state index in [1.807, 2.05) is 6.07 Å². The van der Waals surface area contributed by atoms with Crippen molar-refractivity contribution in [1.29, 1.82) is 5.41 Å². The molecule has 1 aromatic carbocycles. The first-order valence-corrected chi connectivity index (χ1v) is 8.40. The summed E-state index contributed by atoms with van der Waals surface area (Å²) in [5, 5.41) is 12.4. The maximum atomic E-state index is 8.10. The molecular formula is C19H22N4O. The number of benzene rings is 1. The summed E-state index contributed by atoms with van der Waals surface area (Å²) in [4.78, 5) is 5.82. The predicted octanol–water partition coefficient (Wildman–Crippen LogP) is 3.84. The summed E-state index contributed by atoms with van der Waals surface area (Å²) >= 11 is 0. The first-order chi connectivity index (χ1) is 11.7. The first-order valence-electron chi connectivity index (χ1n) is 8.40. The maximum Gasteiger partial charge on any atom is 0.168 e. The van der Waals surface area contributed by atoms with Crippen LogP contribution in [0.5, 0.6) is 0 Å². The Hall–Kier alpha value is -2.53. The molecule has 2 aromatic heterocycles. The second-order valence-electron chi connectivity index (χ2n) is 6.53. The number of rotatable bonds is 4. The molecule has 0 bridgehead atoms. The van der Waals surface area contributed by atoms with Gasteiger partial charge in [-0.15, -0.1) is 0 Å². The van der Waals surface area contributed by atoms with Crippen molar-refractivity contribution in [2.75, 3.05) is 18.9 Å². The van der Waals surface area contributed by atoms with Gasteiger partial charge in [-0.25, -0.2) is 0 Å². The van der Waals surface area contributed by atoms with Crippen LogP contribution in [-0.2, 0) is 6.42 Å². The van der Waals surface area contributed by atoms with Gasteiger partial charge in [0.25, 0.3) is 0 Å². The van der Waals surface area contributed by atoms with Gasteiger partial charge in [-0.3, -0.25) is 5.41 Å². The van der Waals surface area contributed by atoms with Crippen LogP contribution in [0.15, 0.2) is 47.2 Å². The molecule has 0 saturated carbocycles. The van der Waals surface area contributed by atoms with Crippen LogP contribution in [0.3, 0.4) is 0 Å². The number of fused-ring (bicyclic) bond motifs is 1. The van der Waals surface area contributed by atoms with Crippen LogP contribution in [-0.4, -0.2) is 35.4 Å². The zero-order valence-electron chi connectivity index (χ0n) is 13.8. The van der Waals surface area contributed by atoms with Crippen LogP contribution in [0.1, 0.15) is 24.2 Å². The highest BCUT2D eigenvalue weighted by molar-refractivity contribution is 6.05. The maximum absolute atomic E-state index is 8.10. The fraction of sp³-hybridized carbons (Fsp3) is 0.316. The second kappa shape index (κ2) is 6.17. The molecule has 124 valence electrons. The third-order valence-corrected chi connectivity index (χ3v) is 4.93. The van der Waals surface area contributed by atoms with Crippen molar-refractivity contribution >= 4 is 22.4 Å². The zero-order chi connectivity index (χ0) is 16.5. The molecule has 3 N–H and O–H groups in total. The lowest BCUT2D eigenvalue weighted by Gasteiger charge is -2.18. The molecule has 0 amide bonds. The Kier molecular flexibility index (Phi) is 3.86. The Morgan fingerprint density at radius 1 is 1.42 bits per heavy atom. The SMILES string of the molecule is CN1CCC[C@H]1Cc1c[nH]c2ccc(NC(=N)c3ccco3)cc12. The van der Waals surface area contributed by atoms with Gasteiger partial charge in [0.1, 0.15) is 0 Å². The van der Waals surface area contributed by atoms with E-state index in [9.17, 15) is 0 Å². The molecule has 4 rings (SSSR count). The number of nitrogens with zero attached hydrogens (tertiary/aromatic N) is 1. The van der Waals surface area contributed by atoms with E-state index >= 15 is 0 Å². The highest BCUT2D eigenvalue weighted by atomic mass is 16.3. The van der Waals surface area contributed by atoms with E-state index < -0.39 is 0 Å². The number of H-pyrrole nitrogens is 1. The average molecular weight is 322 g/mol. The number of likely N-dealkylation sites (N-methyl/N-ethyl adjacent to an activating group) is 1. The highest BCUT2D eigenvalue weighted by Crippen LogP contribution is 2.27. The lowest BCUT2D eigenvalue weighted by atomic mass is 10.0. The molecule has 5 nitrogen and oxygen atoms in total. The smallest absolute Gasteiger partial charge is 0.168 e.